The summed E-state index contributed by atoms with van der Waals surface area (Å²) in [5, 5.41) is -0.717. The molecule has 1 aliphatic heterocycles. The first kappa shape index (κ1) is 14.1. The predicted octanol–water partition coefficient (Wildman–Crippen LogP) is 0.0599. The Morgan fingerprint density at radius 1 is 1.44 bits per heavy atom. The van der Waals surface area contributed by atoms with Crippen molar-refractivity contribution >= 4 is 27.5 Å². The molecule has 2 rings (SSSR count). The molecule has 2 unspecified atom stereocenters. The van der Waals surface area contributed by atoms with E-state index in [2.05, 4.69) is 0 Å². The molecule has 1 amide bonds. The van der Waals surface area contributed by atoms with E-state index in [9.17, 15) is 13.2 Å². The van der Waals surface area contributed by atoms with E-state index in [0.29, 0.717) is 12.3 Å². The van der Waals surface area contributed by atoms with Crippen LogP contribution in [0.4, 0.5) is 0 Å². The van der Waals surface area contributed by atoms with Crippen molar-refractivity contribution in [2.45, 2.75) is 30.7 Å². The molecule has 1 saturated carbocycles. The van der Waals surface area contributed by atoms with Crippen LogP contribution in [-0.2, 0) is 14.6 Å². The lowest BCUT2D eigenvalue weighted by Gasteiger charge is -2.39. The van der Waals surface area contributed by atoms with Crippen LogP contribution in [0.25, 0.3) is 0 Å². The van der Waals surface area contributed by atoms with Crippen LogP contribution >= 0.6 is 11.8 Å². The molecule has 7 heteroatoms. The van der Waals surface area contributed by atoms with Crippen molar-refractivity contribution in [1.29, 1.82) is 0 Å². The van der Waals surface area contributed by atoms with E-state index in [4.69, 9.17) is 5.73 Å². The molecular formula is C11H20N2O3S2. The van der Waals surface area contributed by atoms with Gasteiger partial charge in [-0.15, -0.1) is 0 Å². The lowest BCUT2D eigenvalue weighted by molar-refractivity contribution is -0.137. The summed E-state index contributed by atoms with van der Waals surface area (Å²) in [6, 6.07) is 0. The van der Waals surface area contributed by atoms with Crippen molar-refractivity contribution in [1.82, 2.24) is 4.90 Å². The van der Waals surface area contributed by atoms with Gasteiger partial charge in [-0.25, -0.2) is 8.42 Å². The van der Waals surface area contributed by atoms with Gasteiger partial charge in [0.25, 0.3) is 0 Å². The number of nitrogens with two attached hydrogens (primary N) is 1. The highest BCUT2D eigenvalue weighted by atomic mass is 32.2. The van der Waals surface area contributed by atoms with Crippen molar-refractivity contribution in [3.63, 3.8) is 0 Å². The van der Waals surface area contributed by atoms with Gasteiger partial charge < -0.3 is 10.6 Å². The maximum atomic E-state index is 12.5. The molecule has 0 bridgehead atoms. The molecule has 0 aromatic carbocycles. The third kappa shape index (κ3) is 2.67. The number of carbonyl (C=O) groups excluding carboxylic acids is 1. The number of amides is 1. The Morgan fingerprint density at radius 3 is 2.56 bits per heavy atom. The molecule has 0 spiro atoms. The number of hydrogen-bond acceptors (Lipinski definition) is 5. The Kier molecular flexibility index (Phi) is 3.68. The van der Waals surface area contributed by atoms with E-state index in [1.807, 2.05) is 0 Å². The first-order valence-corrected chi connectivity index (χ1v) is 9.22. The fourth-order valence-electron chi connectivity index (χ4n) is 2.34. The predicted molar refractivity (Wildman–Crippen MR) is 73.0 cm³/mol. The minimum atomic E-state index is -3.26. The van der Waals surface area contributed by atoms with Crippen LogP contribution in [0.2, 0.25) is 0 Å². The molecule has 0 aromatic heterocycles. The summed E-state index contributed by atoms with van der Waals surface area (Å²) < 4.78 is 23.5. The van der Waals surface area contributed by atoms with Crippen LogP contribution in [0.3, 0.4) is 0 Å². The lowest BCUT2D eigenvalue weighted by Crippen LogP contribution is -2.60. The molecule has 2 fully saturated rings. The summed E-state index contributed by atoms with van der Waals surface area (Å²) in [6.07, 6.45) is 3.12. The van der Waals surface area contributed by atoms with Crippen LogP contribution in [0.1, 0.15) is 19.8 Å². The summed E-state index contributed by atoms with van der Waals surface area (Å²) in [5.41, 5.74) is 5.20. The van der Waals surface area contributed by atoms with E-state index >= 15 is 0 Å². The maximum absolute atomic E-state index is 12.5. The van der Waals surface area contributed by atoms with Crippen molar-refractivity contribution < 1.29 is 13.2 Å². The fraction of sp³-hybridized carbons (Fsp3) is 0.909. The van der Waals surface area contributed by atoms with Gasteiger partial charge in [-0.05, 0) is 25.7 Å². The van der Waals surface area contributed by atoms with E-state index in [0.717, 1.165) is 18.6 Å². The first-order chi connectivity index (χ1) is 8.24. The highest BCUT2D eigenvalue weighted by molar-refractivity contribution is 8.00. The maximum Gasteiger partial charge on any atom is 0.243 e. The molecule has 18 heavy (non-hydrogen) atoms. The van der Waals surface area contributed by atoms with Gasteiger partial charge in [-0.1, -0.05) is 0 Å². The first-order valence-electron chi connectivity index (χ1n) is 6.11. The summed E-state index contributed by atoms with van der Waals surface area (Å²) in [4.78, 5) is 14.0. The normalized spacial score (nSPS) is 28.8. The van der Waals surface area contributed by atoms with Gasteiger partial charge in [0.2, 0.25) is 5.91 Å². The minimum Gasteiger partial charge on any atom is -0.322 e. The largest absolute Gasteiger partial charge is 0.322 e. The molecule has 1 saturated heterocycles. The molecule has 2 atom stereocenters. The van der Waals surface area contributed by atoms with Gasteiger partial charge in [-0.3, -0.25) is 4.79 Å². The Balaban J connectivity index is 2.21. The average molecular weight is 292 g/mol. The van der Waals surface area contributed by atoms with Gasteiger partial charge in [-0.2, -0.15) is 11.8 Å². The number of sulfone groups is 1. The van der Waals surface area contributed by atoms with Gasteiger partial charge in [0.1, 0.15) is 5.37 Å². The standard InChI is InChI=1S/C11H20N2O3S2/c1-11(12,8-3-4-8)10(14)13-5-6-17-7-9(13)18(2,15)16/h8-9H,3-7,12H2,1-2H3. The Labute approximate surface area is 112 Å². The zero-order valence-electron chi connectivity index (χ0n) is 10.8. The van der Waals surface area contributed by atoms with Crippen LogP contribution in [0, 0.1) is 5.92 Å². The van der Waals surface area contributed by atoms with Crippen molar-refractivity contribution in [2.24, 2.45) is 11.7 Å². The molecule has 1 aliphatic carbocycles. The van der Waals surface area contributed by atoms with Gasteiger partial charge in [0.15, 0.2) is 9.84 Å². The molecular weight excluding hydrogens is 272 g/mol. The van der Waals surface area contributed by atoms with Gasteiger partial charge >= 0.3 is 0 Å². The Morgan fingerprint density at radius 2 is 2.06 bits per heavy atom. The topological polar surface area (TPSA) is 80.5 Å². The number of nitrogens with zero attached hydrogens (tertiary/aromatic N) is 1. The highest BCUT2D eigenvalue weighted by Gasteiger charge is 2.48. The molecule has 1 heterocycles. The van der Waals surface area contributed by atoms with E-state index in [-0.39, 0.29) is 11.8 Å². The summed E-state index contributed by atoms with van der Waals surface area (Å²) in [6.45, 7) is 2.20. The molecule has 2 N–H and O–H groups in total. The average Bonchev–Trinajstić information content (AvgIpc) is 3.11. The van der Waals surface area contributed by atoms with Gasteiger partial charge in [0.05, 0.1) is 5.54 Å². The second-order valence-corrected chi connectivity index (χ2v) is 8.77. The van der Waals surface area contributed by atoms with E-state index in [1.165, 1.54) is 11.2 Å². The summed E-state index contributed by atoms with van der Waals surface area (Å²) in [7, 11) is -3.26. The number of carbonyl (C=O) groups is 1. The number of rotatable bonds is 3. The van der Waals surface area contributed by atoms with Crippen LogP contribution in [-0.4, -0.2) is 54.4 Å². The summed E-state index contributed by atoms with van der Waals surface area (Å²) in [5.74, 6) is 1.23. The zero-order chi connectivity index (χ0) is 13.6. The lowest BCUT2D eigenvalue weighted by atomic mass is 9.95. The smallest absolute Gasteiger partial charge is 0.243 e. The van der Waals surface area contributed by atoms with Crippen LogP contribution in [0.5, 0.6) is 0 Å². The van der Waals surface area contributed by atoms with Crippen molar-refractivity contribution in [2.75, 3.05) is 24.3 Å². The van der Waals surface area contributed by atoms with Crippen LogP contribution < -0.4 is 5.73 Å². The third-order valence-electron chi connectivity index (χ3n) is 3.73. The van der Waals surface area contributed by atoms with Crippen molar-refractivity contribution in [3.8, 4) is 0 Å². The van der Waals surface area contributed by atoms with Crippen LogP contribution in [0.15, 0.2) is 0 Å². The van der Waals surface area contributed by atoms with E-state index in [1.54, 1.807) is 18.7 Å². The Hall–Kier alpha value is -0.270. The Bertz CT molecular complexity index is 443. The third-order valence-corrected chi connectivity index (χ3v) is 6.37. The van der Waals surface area contributed by atoms with Crippen molar-refractivity contribution in [3.05, 3.63) is 0 Å². The molecule has 2 aliphatic rings. The van der Waals surface area contributed by atoms with Gasteiger partial charge in [0, 0.05) is 24.3 Å². The summed E-state index contributed by atoms with van der Waals surface area (Å²) >= 11 is 1.57. The zero-order valence-corrected chi connectivity index (χ0v) is 12.4. The molecule has 104 valence electrons. The molecule has 0 radical (unpaired) electrons. The fourth-order valence-corrected chi connectivity index (χ4v) is 5.15. The number of thioether (sulfide) groups is 1. The molecule has 0 aromatic rings. The number of hydrogen-bond donors (Lipinski definition) is 1. The molecule has 5 nitrogen and oxygen atoms in total. The quantitative estimate of drug-likeness (QED) is 0.795. The SMILES string of the molecule is CC(N)(C(=O)N1CCSCC1S(C)(=O)=O)C1CC1. The second-order valence-electron chi connectivity index (χ2n) is 5.41. The monoisotopic (exact) mass is 292 g/mol. The highest BCUT2D eigenvalue weighted by Crippen LogP contribution is 2.39. The van der Waals surface area contributed by atoms with E-state index < -0.39 is 20.8 Å². The minimum absolute atomic E-state index is 0.208. The second kappa shape index (κ2) is 4.68.